The van der Waals surface area contributed by atoms with E-state index in [0.29, 0.717) is 11.3 Å². The lowest BCUT2D eigenvalue weighted by Gasteiger charge is -2.18. The number of para-hydroxylation sites is 1. The van der Waals surface area contributed by atoms with Gasteiger partial charge in [-0.1, -0.05) is 64.1 Å². The van der Waals surface area contributed by atoms with Gasteiger partial charge < -0.3 is 10.6 Å². The summed E-state index contributed by atoms with van der Waals surface area (Å²) >= 11 is 0. The number of rotatable bonds is 6. The Morgan fingerprint density at radius 1 is 1.04 bits per heavy atom. The Morgan fingerprint density at radius 2 is 1.68 bits per heavy atom. The van der Waals surface area contributed by atoms with Crippen molar-refractivity contribution in [2.75, 3.05) is 5.32 Å². The van der Waals surface area contributed by atoms with E-state index in [4.69, 9.17) is 0 Å². The molecule has 0 radical (unpaired) electrons. The molecule has 2 aromatic rings. The highest BCUT2D eigenvalue weighted by atomic mass is 16.2. The number of hydrogen-bond donors (Lipinski definition) is 2. The van der Waals surface area contributed by atoms with Crippen LogP contribution in [0.3, 0.4) is 0 Å². The molecule has 2 N–H and O–H groups in total. The zero-order chi connectivity index (χ0) is 20.7. The summed E-state index contributed by atoms with van der Waals surface area (Å²) in [4.78, 5) is 24.8. The van der Waals surface area contributed by atoms with Crippen molar-refractivity contribution in [2.24, 2.45) is 0 Å². The molecule has 0 saturated heterocycles. The van der Waals surface area contributed by atoms with E-state index in [9.17, 15) is 9.59 Å². The van der Waals surface area contributed by atoms with Gasteiger partial charge in [-0.05, 0) is 48.1 Å². The molecule has 0 aromatic heterocycles. The molecule has 4 nitrogen and oxygen atoms in total. The van der Waals surface area contributed by atoms with E-state index in [1.807, 2.05) is 26.0 Å². The highest BCUT2D eigenvalue weighted by Gasteiger charge is 2.14. The summed E-state index contributed by atoms with van der Waals surface area (Å²) in [6, 6.07) is 15.2. The van der Waals surface area contributed by atoms with Crippen molar-refractivity contribution >= 4 is 23.6 Å². The summed E-state index contributed by atoms with van der Waals surface area (Å²) in [5.41, 5.74) is 3.25. The van der Waals surface area contributed by atoms with Crippen LogP contribution in [0.5, 0.6) is 0 Å². The molecule has 0 aliphatic rings. The third kappa shape index (κ3) is 6.08. The molecule has 0 fully saturated rings. The predicted octanol–water partition coefficient (Wildman–Crippen LogP) is 5.16. The van der Waals surface area contributed by atoms with E-state index in [-0.39, 0.29) is 23.3 Å². The largest absolute Gasteiger partial charge is 0.350 e. The molecule has 4 heteroatoms. The number of anilines is 1. The topological polar surface area (TPSA) is 58.2 Å². The second kappa shape index (κ2) is 9.36. The molecule has 0 saturated carbocycles. The number of benzene rings is 2. The average molecular weight is 379 g/mol. The van der Waals surface area contributed by atoms with Gasteiger partial charge in [0.15, 0.2) is 0 Å². The smallest absolute Gasteiger partial charge is 0.253 e. The van der Waals surface area contributed by atoms with Gasteiger partial charge in [0.25, 0.3) is 5.91 Å². The summed E-state index contributed by atoms with van der Waals surface area (Å²) in [5, 5.41) is 5.73. The summed E-state index contributed by atoms with van der Waals surface area (Å²) in [6.07, 6.45) is 4.09. The minimum Gasteiger partial charge on any atom is -0.350 e. The van der Waals surface area contributed by atoms with Crippen LogP contribution in [0.25, 0.3) is 6.08 Å². The first kappa shape index (κ1) is 21.4. The van der Waals surface area contributed by atoms with Crippen LogP contribution >= 0.6 is 0 Å². The van der Waals surface area contributed by atoms with Crippen LogP contribution in [-0.2, 0) is 10.2 Å². The normalized spacial score (nSPS) is 12.6. The maximum absolute atomic E-state index is 12.4. The number of carbonyl (C=O) groups excluding carboxylic acids is 2. The van der Waals surface area contributed by atoms with Crippen molar-refractivity contribution < 1.29 is 9.59 Å². The Hall–Kier alpha value is -2.88. The molecule has 0 bridgehead atoms. The fourth-order valence-electron chi connectivity index (χ4n) is 2.63. The summed E-state index contributed by atoms with van der Waals surface area (Å²) in [7, 11) is 0. The molecule has 2 amide bonds. The Morgan fingerprint density at radius 3 is 2.29 bits per heavy atom. The fourth-order valence-corrected chi connectivity index (χ4v) is 2.63. The van der Waals surface area contributed by atoms with Crippen molar-refractivity contribution in [3.8, 4) is 0 Å². The lowest BCUT2D eigenvalue weighted by molar-refractivity contribution is -0.111. The number of nitrogens with one attached hydrogen (secondary N) is 2. The van der Waals surface area contributed by atoms with E-state index in [1.54, 1.807) is 30.3 Å². The summed E-state index contributed by atoms with van der Waals surface area (Å²) < 4.78 is 0. The third-order valence-electron chi connectivity index (χ3n) is 4.62. The van der Waals surface area contributed by atoms with E-state index in [2.05, 4.69) is 43.5 Å². The lowest BCUT2D eigenvalue weighted by Crippen LogP contribution is -2.32. The molecule has 0 spiro atoms. The lowest BCUT2D eigenvalue weighted by atomic mass is 9.87. The molecule has 0 heterocycles. The maximum atomic E-state index is 12.4. The third-order valence-corrected chi connectivity index (χ3v) is 4.62. The Balaban J connectivity index is 2.07. The molecule has 0 aliphatic carbocycles. The first-order valence-corrected chi connectivity index (χ1v) is 9.70. The molecule has 28 heavy (non-hydrogen) atoms. The highest BCUT2D eigenvalue weighted by Crippen LogP contribution is 2.22. The van der Waals surface area contributed by atoms with E-state index < -0.39 is 0 Å². The van der Waals surface area contributed by atoms with Crippen molar-refractivity contribution in [1.82, 2.24) is 5.32 Å². The van der Waals surface area contributed by atoms with Crippen LogP contribution in [0.2, 0.25) is 0 Å². The minimum atomic E-state index is -0.274. The van der Waals surface area contributed by atoms with Gasteiger partial charge in [-0.25, -0.2) is 0 Å². The van der Waals surface area contributed by atoms with Crippen LogP contribution in [0.15, 0.2) is 54.6 Å². The van der Waals surface area contributed by atoms with E-state index >= 15 is 0 Å². The minimum absolute atomic E-state index is 0.0761. The van der Waals surface area contributed by atoms with Gasteiger partial charge in [-0.3, -0.25) is 9.59 Å². The molecular formula is C24H30N2O2. The zero-order valence-electron chi connectivity index (χ0n) is 17.4. The molecule has 0 aliphatic heterocycles. The fraction of sp³-hybridized carbons (Fsp3) is 0.333. The van der Waals surface area contributed by atoms with E-state index in [0.717, 1.165) is 12.0 Å². The quantitative estimate of drug-likeness (QED) is 0.682. The first-order valence-electron chi connectivity index (χ1n) is 9.70. The summed E-state index contributed by atoms with van der Waals surface area (Å²) in [5.74, 6) is -0.462. The van der Waals surface area contributed by atoms with Crippen LogP contribution in [0, 0.1) is 0 Å². The van der Waals surface area contributed by atoms with Gasteiger partial charge in [0, 0.05) is 12.1 Å². The molecule has 2 rings (SSSR count). The second-order valence-corrected chi connectivity index (χ2v) is 8.02. The van der Waals surface area contributed by atoms with Crippen LogP contribution < -0.4 is 10.6 Å². The van der Waals surface area contributed by atoms with Gasteiger partial charge in [0.05, 0.1) is 11.3 Å². The van der Waals surface area contributed by atoms with Gasteiger partial charge >= 0.3 is 0 Å². The number of hydrogen-bond acceptors (Lipinski definition) is 2. The second-order valence-electron chi connectivity index (χ2n) is 8.02. The van der Waals surface area contributed by atoms with Gasteiger partial charge in [0.2, 0.25) is 5.91 Å². The Bertz CT molecular complexity index is 846. The molecule has 148 valence electrons. The predicted molar refractivity (Wildman–Crippen MR) is 116 cm³/mol. The molecule has 1 atom stereocenters. The van der Waals surface area contributed by atoms with Gasteiger partial charge in [0.1, 0.15) is 0 Å². The number of amides is 2. The molecular weight excluding hydrogens is 348 g/mol. The van der Waals surface area contributed by atoms with Crippen LogP contribution in [-0.4, -0.2) is 17.9 Å². The first-order chi connectivity index (χ1) is 13.2. The zero-order valence-corrected chi connectivity index (χ0v) is 17.4. The van der Waals surface area contributed by atoms with Crippen molar-refractivity contribution in [2.45, 2.75) is 52.5 Å². The van der Waals surface area contributed by atoms with Crippen LogP contribution in [0.4, 0.5) is 5.69 Å². The van der Waals surface area contributed by atoms with Crippen molar-refractivity contribution in [3.05, 3.63) is 71.3 Å². The SMILES string of the molecule is CC[C@H](C)NC(=O)c1ccccc1NC(=O)/C=C/c1ccc(C(C)(C)C)cc1. The Kier molecular flexibility index (Phi) is 7.16. The molecule has 2 aromatic carbocycles. The monoisotopic (exact) mass is 378 g/mol. The highest BCUT2D eigenvalue weighted by molar-refractivity contribution is 6.07. The maximum Gasteiger partial charge on any atom is 0.253 e. The standard InChI is InChI=1S/C24H30N2O2/c1-6-17(2)25-23(28)20-9-7-8-10-21(20)26-22(27)16-13-18-11-14-19(15-12-18)24(3,4)5/h7-17H,6H2,1-5H3,(H,25,28)(H,26,27)/b16-13+/t17-/m0/s1. The summed E-state index contributed by atoms with van der Waals surface area (Å²) in [6.45, 7) is 10.5. The van der Waals surface area contributed by atoms with Crippen LogP contribution in [0.1, 0.15) is 62.5 Å². The number of carbonyl (C=O) groups is 2. The van der Waals surface area contributed by atoms with Crippen molar-refractivity contribution in [1.29, 1.82) is 0 Å². The van der Waals surface area contributed by atoms with Gasteiger partial charge in [-0.15, -0.1) is 0 Å². The Labute approximate surface area is 168 Å². The molecule has 0 unspecified atom stereocenters. The van der Waals surface area contributed by atoms with E-state index in [1.165, 1.54) is 11.6 Å². The average Bonchev–Trinajstić information content (AvgIpc) is 2.66. The van der Waals surface area contributed by atoms with Crippen molar-refractivity contribution in [3.63, 3.8) is 0 Å². The van der Waals surface area contributed by atoms with Gasteiger partial charge in [-0.2, -0.15) is 0 Å².